The molecule has 74 valence electrons. The molecule has 0 aromatic rings. The van der Waals surface area contributed by atoms with Gasteiger partial charge in [-0.1, -0.05) is 0 Å². The number of thioether (sulfide) groups is 1. The fourth-order valence-corrected chi connectivity index (χ4v) is 2.16. The van der Waals surface area contributed by atoms with E-state index in [1.54, 1.807) is 24.3 Å². The number of allylic oxidation sites excluding steroid dienone is 3. The third-order valence-corrected chi connectivity index (χ3v) is 3.06. The Morgan fingerprint density at radius 1 is 1.27 bits per heavy atom. The predicted molar refractivity (Wildman–Crippen MR) is 64.0 cm³/mol. The van der Waals surface area contributed by atoms with Crippen LogP contribution in [0.1, 0.15) is 0 Å². The van der Waals surface area contributed by atoms with E-state index >= 15 is 0 Å². The molecule has 15 heavy (non-hydrogen) atoms. The molecule has 0 saturated heterocycles. The van der Waals surface area contributed by atoms with Crippen molar-refractivity contribution in [2.45, 2.75) is 0 Å². The predicted octanol–water partition coefficient (Wildman–Crippen LogP) is 1.76. The maximum Gasteiger partial charge on any atom is 0.237 e. The molecule has 4 nitrogen and oxygen atoms in total. The summed E-state index contributed by atoms with van der Waals surface area (Å²) in [6, 6.07) is 0. The van der Waals surface area contributed by atoms with Crippen molar-refractivity contribution in [3.05, 3.63) is 35.0 Å². The van der Waals surface area contributed by atoms with Gasteiger partial charge in [-0.05, 0) is 24.5 Å². The van der Waals surface area contributed by atoms with Gasteiger partial charge in [0.15, 0.2) is 5.84 Å². The molecule has 0 amide bonds. The van der Waals surface area contributed by atoms with Crippen molar-refractivity contribution in [1.82, 2.24) is 4.90 Å². The average Bonchev–Trinajstić information content (AvgIpc) is 2.30. The van der Waals surface area contributed by atoms with E-state index < -0.39 is 0 Å². The standard InChI is InChI=1S/C10H8N4S/c1-15-8-3-2-7-4-5-11-10-13-6-12-9(8)14(7)10/h2-6H,1H3. The van der Waals surface area contributed by atoms with Gasteiger partial charge in [-0.2, -0.15) is 0 Å². The quantitative estimate of drug-likeness (QED) is 0.670. The molecular weight excluding hydrogens is 208 g/mol. The van der Waals surface area contributed by atoms with Crippen molar-refractivity contribution in [2.75, 3.05) is 6.26 Å². The second kappa shape index (κ2) is 3.20. The first-order chi connectivity index (χ1) is 7.40. The Balaban J connectivity index is 2.19. The second-order valence-electron chi connectivity index (χ2n) is 3.10. The third kappa shape index (κ3) is 1.20. The molecule has 0 aliphatic carbocycles. The van der Waals surface area contributed by atoms with E-state index in [2.05, 4.69) is 27.1 Å². The Hall–Kier alpha value is -1.62. The second-order valence-corrected chi connectivity index (χ2v) is 3.95. The minimum absolute atomic E-state index is 0.688. The van der Waals surface area contributed by atoms with E-state index in [4.69, 9.17) is 0 Å². The van der Waals surface area contributed by atoms with E-state index in [9.17, 15) is 0 Å². The zero-order valence-corrected chi connectivity index (χ0v) is 8.90. The van der Waals surface area contributed by atoms with Gasteiger partial charge in [0.05, 0.1) is 10.6 Å². The zero-order valence-electron chi connectivity index (χ0n) is 8.08. The first-order valence-corrected chi connectivity index (χ1v) is 5.74. The molecule has 3 aliphatic heterocycles. The Labute approximate surface area is 91.5 Å². The largest absolute Gasteiger partial charge is 0.262 e. The van der Waals surface area contributed by atoms with Gasteiger partial charge in [0.25, 0.3) is 0 Å². The van der Waals surface area contributed by atoms with Crippen LogP contribution in [-0.4, -0.2) is 29.3 Å². The average molecular weight is 216 g/mol. The van der Waals surface area contributed by atoms with Crippen molar-refractivity contribution in [3.63, 3.8) is 0 Å². The van der Waals surface area contributed by atoms with Crippen LogP contribution in [0.5, 0.6) is 0 Å². The maximum absolute atomic E-state index is 4.29. The summed E-state index contributed by atoms with van der Waals surface area (Å²) in [5, 5.41) is 0. The normalized spacial score (nSPS) is 21.5. The van der Waals surface area contributed by atoms with E-state index in [-0.39, 0.29) is 0 Å². The number of aliphatic imine (C=N–C) groups is 3. The highest BCUT2D eigenvalue weighted by Crippen LogP contribution is 2.28. The summed E-state index contributed by atoms with van der Waals surface area (Å²) in [5.74, 6) is 1.60. The van der Waals surface area contributed by atoms with E-state index in [0.717, 1.165) is 16.4 Å². The Morgan fingerprint density at radius 3 is 3.07 bits per heavy atom. The van der Waals surface area contributed by atoms with E-state index in [1.807, 2.05) is 17.2 Å². The van der Waals surface area contributed by atoms with Crippen molar-refractivity contribution in [3.8, 4) is 0 Å². The molecule has 0 bridgehead atoms. The van der Waals surface area contributed by atoms with Crippen LogP contribution in [0.3, 0.4) is 0 Å². The number of amidine groups is 1. The number of hydrogen-bond acceptors (Lipinski definition) is 5. The lowest BCUT2D eigenvalue weighted by Gasteiger charge is -2.31. The molecule has 0 N–H and O–H groups in total. The molecule has 0 unspecified atom stereocenters. The fourth-order valence-electron chi connectivity index (χ4n) is 1.63. The van der Waals surface area contributed by atoms with Crippen molar-refractivity contribution in [2.24, 2.45) is 15.0 Å². The number of nitrogens with zero attached hydrogens (tertiary/aromatic N) is 4. The number of rotatable bonds is 1. The van der Waals surface area contributed by atoms with Crippen LogP contribution in [0.4, 0.5) is 0 Å². The molecule has 0 spiro atoms. The topological polar surface area (TPSA) is 40.3 Å². The van der Waals surface area contributed by atoms with Crippen LogP contribution in [0, 0.1) is 0 Å². The maximum atomic E-state index is 4.29. The lowest BCUT2D eigenvalue weighted by molar-refractivity contribution is 0.748. The Bertz CT molecular complexity index is 494. The lowest BCUT2D eigenvalue weighted by Crippen LogP contribution is -2.40. The van der Waals surface area contributed by atoms with Crippen LogP contribution in [0.15, 0.2) is 50.0 Å². The molecular formula is C10H8N4S. The molecule has 3 aliphatic rings. The molecule has 5 heteroatoms. The van der Waals surface area contributed by atoms with Gasteiger partial charge in [0.2, 0.25) is 5.96 Å². The SMILES string of the molecule is CSC1=CC=C2C=CN=C3N=CN=C1N23. The zero-order chi connectivity index (χ0) is 10.3. The molecule has 0 radical (unpaired) electrons. The van der Waals surface area contributed by atoms with Crippen LogP contribution in [0.25, 0.3) is 0 Å². The molecule has 0 atom stereocenters. The van der Waals surface area contributed by atoms with Crippen molar-refractivity contribution >= 4 is 29.9 Å². The van der Waals surface area contributed by atoms with Crippen LogP contribution in [-0.2, 0) is 0 Å². The summed E-state index contributed by atoms with van der Waals surface area (Å²) >= 11 is 1.67. The first-order valence-electron chi connectivity index (χ1n) is 4.51. The van der Waals surface area contributed by atoms with Crippen LogP contribution < -0.4 is 0 Å². The van der Waals surface area contributed by atoms with Gasteiger partial charge in [-0.15, -0.1) is 11.8 Å². The van der Waals surface area contributed by atoms with Gasteiger partial charge in [-0.25, -0.2) is 15.0 Å². The van der Waals surface area contributed by atoms with E-state index in [1.165, 1.54) is 0 Å². The molecule has 0 aromatic heterocycles. The molecule has 0 fully saturated rings. The van der Waals surface area contributed by atoms with Gasteiger partial charge >= 0.3 is 0 Å². The lowest BCUT2D eigenvalue weighted by atomic mass is 10.2. The van der Waals surface area contributed by atoms with Crippen LogP contribution in [0.2, 0.25) is 0 Å². The number of guanidine groups is 1. The molecule has 0 aromatic carbocycles. The van der Waals surface area contributed by atoms with Gasteiger partial charge in [0, 0.05) is 6.20 Å². The first kappa shape index (κ1) is 8.67. The van der Waals surface area contributed by atoms with Crippen LogP contribution >= 0.6 is 11.8 Å². The summed E-state index contributed by atoms with van der Waals surface area (Å²) in [6.45, 7) is 0. The summed E-state index contributed by atoms with van der Waals surface area (Å²) in [5.41, 5.74) is 1.06. The highest BCUT2D eigenvalue weighted by atomic mass is 32.2. The summed E-state index contributed by atoms with van der Waals surface area (Å²) in [7, 11) is 0. The minimum Gasteiger partial charge on any atom is -0.262 e. The van der Waals surface area contributed by atoms with Gasteiger partial charge in [-0.3, -0.25) is 4.90 Å². The Kier molecular flexibility index (Phi) is 1.85. The van der Waals surface area contributed by atoms with Gasteiger partial charge in [0.1, 0.15) is 6.34 Å². The minimum atomic E-state index is 0.688. The van der Waals surface area contributed by atoms with Gasteiger partial charge < -0.3 is 0 Å². The summed E-state index contributed by atoms with van der Waals surface area (Å²) < 4.78 is 0. The van der Waals surface area contributed by atoms with Crippen molar-refractivity contribution < 1.29 is 0 Å². The Morgan fingerprint density at radius 2 is 2.20 bits per heavy atom. The smallest absolute Gasteiger partial charge is 0.237 e. The fraction of sp³-hybridized carbons (Fsp3) is 0.100. The number of hydrogen-bond donors (Lipinski definition) is 0. The molecule has 3 heterocycles. The summed E-state index contributed by atoms with van der Waals surface area (Å²) in [6.07, 6.45) is 11.4. The molecule has 3 rings (SSSR count). The monoisotopic (exact) mass is 216 g/mol. The third-order valence-electron chi connectivity index (χ3n) is 2.30. The highest BCUT2D eigenvalue weighted by molar-refractivity contribution is 8.03. The van der Waals surface area contributed by atoms with Crippen molar-refractivity contribution in [1.29, 1.82) is 0 Å². The van der Waals surface area contributed by atoms with E-state index in [0.29, 0.717) is 5.96 Å². The molecule has 0 saturated carbocycles. The highest BCUT2D eigenvalue weighted by Gasteiger charge is 2.28. The summed E-state index contributed by atoms with van der Waals surface area (Å²) in [4.78, 5) is 15.7.